The molecule has 0 aliphatic carbocycles. The van der Waals surface area contributed by atoms with Gasteiger partial charge in [0.1, 0.15) is 0 Å². The summed E-state index contributed by atoms with van der Waals surface area (Å²) in [5, 5.41) is 2.80. The molecule has 0 rings (SSSR count). The highest BCUT2D eigenvalue weighted by Crippen LogP contribution is 1.58. The van der Waals surface area contributed by atoms with E-state index in [1.54, 1.807) is 0 Å². The molecule has 0 aromatic rings. The van der Waals surface area contributed by atoms with E-state index in [2.05, 4.69) is 106 Å². The number of terminal acetylenes is 1. The lowest BCUT2D eigenvalue weighted by Gasteiger charge is -1.80. The van der Waals surface area contributed by atoms with Gasteiger partial charge in [0.05, 0.1) is 0 Å². The molecule has 0 fully saturated rings. The maximum Gasteiger partial charge on any atom is 0.0201 e. The van der Waals surface area contributed by atoms with Crippen molar-refractivity contribution in [2.24, 2.45) is 0 Å². The second-order valence-corrected chi connectivity index (χ2v) is 2.67. The van der Waals surface area contributed by atoms with Crippen LogP contribution in [0.3, 0.4) is 0 Å². The van der Waals surface area contributed by atoms with Gasteiger partial charge in [0.15, 0.2) is 0 Å². The second-order valence-electron chi connectivity index (χ2n) is 2.67. The zero-order valence-corrected chi connectivity index (χ0v) is 11.3. The van der Waals surface area contributed by atoms with Crippen LogP contribution < -0.4 is 5.32 Å². The molecule has 0 unspecified atom stereocenters. The summed E-state index contributed by atoms with van der Waals surface area (Å²) < 4.78 is 0. The lowest BCUT2D eigenvalue weighted by molar-refractivity contribution is 0.953. The van der Waals surface area contributed by atoms with Gasteiger partial charge in [-0.3, -0.25) is 0 Å². The van der Waals surface area contributed by atoms with Gasteiger partial charge in [0, 0.05) is 60.0 Å². The van der Waals surface area contributed by atoms with Gasteiger partial charge in [0.2, 0.25) is 0 Å². The van der Waals surface area contributed by atoms with Crippen molar-refractivity contribution in [2.75, 3.05) is 6.54 Å². The first-order chi connectivity index (χ1) is 10.4. The second kappa shape index (κ2) is 15.8. The molecule has 1 nitrogen and oxygen atoms in total. The smallest absolute Gasteiger partial charge is 0.0201 e. The van der Waals surface area contributed by atoms with E-state index in [1.165, 1.54) is 0 Å². The highest BCUT2D eigenvalue weighted by Gasteiger charge is 1.61. The number of rotatable bonds is 1. The van der Waals surface area contributed by atoms with Crippen LogP contribution in [0.25, 0.3) is 0 Å². The third-order valence-electron chi connectivity index (χ3n) is 1.27. The Morgan fingerprint density at radius 2 is 0.905 bits per heavy atom. The monoisotopic (exact) mass is 261 g/mol. The van der Waals surface area contributed by atoms with Crippen LogP contribution in [0, 0.1) is 107 Å². The molecule has 1 N–H and O–H groups in total. The molecular weight excluding hydrogens is 254 g/mol. The average molecular weight is 261 g/mol. The van der Waals surface area contributed by atoms with E-state index >= 15 is 0 Å². The Bertz CT molecular complexity index is 894. The van der Waals surface area contributed by atoms with Crippen LogP contribution in [0.4, 0.5) is 0 Å². The summed E-state index contributed by atoms with van der Waals surface area (Å²) in [6.45, 7) is 2.72. The van der Waals surface area contributed by atoms with Gasteiger partial charge in [-0.15, -0.1) is 6.42 Å². The molecule has 0 aromatic carbocycles. The molecule has 92 valence electrons. The molecule has 0 amide bonds. The molecule has 0 bridgehead atoms. The Hall–Kier alpha value is -4.16. The van der Waals surface area contributed by atoms with E-state index in [1.807, 2.05) is 6.92 Å². The summed E-state index contributed by atoms with van der Waals surface area (Å²) in [5.41, 5.74) is 0. The third-order valence-corrected chi connectivity index (χ3v) is 1.27. The van der Waals surface area contributed by atoms with E-state index in [9.17, 15) is 0 Å². The SMILES string of the molecule is C#CC#CC#CC#CC#CC#CC#CC#CC#CNCC. The minimum Gasteiger partial charge on any atom is -0.345 e. The van der Waals surface area contributed by atoms with Crippen molar-refractivity contribution in [3.05, 3.63) is 0 Å². The summed E-state index contributed by atoms with van der Waals surface area (Å²) in [4.78, 5) is 0. The van der Waals surface area contributed by atoms with Gasteiger partial charge < -0.3 is 5.32 Å². The quantitative estimate of drug-likeness (QED) is 0.526. The molecular formula is C20H7N. The Morgan fingerprint density at radius 1 is 0.571 bits per heavy atom. The standard InChI is InChI=1S/C20H7N/c1-3-5-6-7-8-9-10-11-12-13-14-15-16-17-18-19-20-21-4-2/h1,21H,4H2,2H3. The fraction of sp³-hybridized carbons (Fsp3) is 0.100. The van der Waals surface area contributed by atoms with Crippen LogP contribution in [0.2, 0.25) is 0 Å². The van der Waals surface area contributed by atoms with Crippen LogP contribution >= 0.6 is 0 Å². The lowest BCUT2D eigenvalue weighted by atomic mass is 10.5. The fourth-order valence-electron chi connectivity index (χ4n) is 0.606. The molecule has 0 atom stereocenters. The summed E-state index contributed by atoms with van der Waals surface area (Å²) in [7, 11) is 0. The minimum absolute atomic E-state index is 0.775. The van der Waals surface area contributed by atoms with Gasteiger partial charge in [-0.1, -0.05) is 0 Å². The Kier molecular flexibility index (Phi) is 12.7. The summed E-state index contributed by atoms with van der Waals surface area (Å²) in [5.74, 6) is 39.4. The first kappa shape index (κ1) is 16.8. The number of hydrogen-bond donors (Lipinski definition) is 1. The Labute approximate surface area is 126 Å². The predicted molar refractivity (Wildman–Crippen MR) is 84.7 cm³/mol. The summed E-state index contributed by atoms with van der Waals surface area (Å²) in [6.07, 6.45) is 4.90. The third kappa shape index (κ3) is 15.8. The largest absolute Gasteiger partial charge is 0.345 e. The van der Waals surface area contributed by atoms with Crippen LogP contribution in [0.15, 0.2) is 0 Å². The normalized spacial score (nSPS) is 4.38. The summed E-state index contributed by atoms with van der Waals surface area (Å²) >= 11 is 0. The van der Waals surface area contributed by atoms with Crippen LogP contribution in [-0.4, -0.2) is 6.54 Å². The van der Waals surface area contributed by atoms with Crippen molar-refractivity contribution >= 4 is 0 Å². The zero-order chi connectivity index (χ0) is 15.4. The van der Waals surface area contributed by atoms with Crippen molar-refractivity contribution in [3.63, 3.8) is 0 Å². The number of hydrogen-bond acceptors (Lipinski definition) is 1. The molecule has 1 heteroatoms. The zero-order valence-electron chi connectivity index (χ0n) is 11.3. The Balaban J connectivity index is 4.27. The van der Waals surface area contributed by atoms with E-state index < -0.39 is 0 Å². The first-order valence-corrected chi connectivity index (χ1v) is 5.60. The number of nitrogens with one attached hydrogen (secondary N) is 1. The van der Waals surface area contributed by atoms with Crippen LogP contribution in [-0.2, 0) is 0 Å². The molecule has 0 aliphatic rings. The van der Waals surface area contributed by atoms with Gasteiger partial charge in [-0.05, 0) is 54.3 Å². The average Bonchev–Trinajstić information content (AvgIpc) is 2.50. The highest BCUT2D eigenvalue weighted by atomic mass is 14.8. The molecule has 0 saturated carbocycles. The highest BCUT2D eigenvalue weighted by molar-refractivity contribution is 5.46. The van der Waals surface area contributed by atoms with E-state index in [0.29, 0.717) is 0 Å². The van der Waals surface area contributed by atoms with Gasteiger partial charge in [-0.2, -0.15) is 0 Å². The van der Waals surface area contributed by atoms with E-state index in [4.69, 9.17) is 6.42 Å². The molecule has 0 spiro atoms. The molecule has 21 heavy (non-hydrogen) atoms. The molecule has 0 heterocycles. The maximum absolute atomic E-state index is 4.90. The van der Waals surface area contributed by atoms with Crippen molar-refractivity contribution in [1.29, 1.82) is 0 Å². The first-order valence-electron chi connectivity index (χ1n) is 5.60. The van der Waals surface area contributed by atoms with E-state index in [0.717, 1.165) is 6.54 Å². The van der Waals surface area contributed by atoms with Crippen LogP contribution in [0.5, 0.6) is 0 Å². The van der Waals surface area contributed by atoms with Crippen molar-refractivity contribution in [1.82, 2.24) is 5.32 Å². The maximum atomic E-state index is 4.90. The van der Waals surface area contributed by atoms with Crippen molar-refractivity contribution in [3.8, 4) is 107 Å². The Morgan fingerprint density at radius 3 is 1.24 bits per heavy atom. The van der Waals surface area contributed by atoms with Crippen molar-refractivity contribution < 1.29 is 0 Å². The topological polar surface area (TPSA) is 12.0 Å². The van der Waals surface area contributed by atoms with Gasteiger partial charge in [-0.25, -0.2) is 0 Å². The molecule has 0 saturated heterocycles. The predicted octanol–water partition coefficient (Wildman–Crippen LogP) is 0.214. The molecule has 0 radical (unpaired) electrons. The van der Waals surface area contributed by atoms with Gasteiger partial charge in [0.25, 0.3) is 0 Å². The molecule has 0 aromatic heterocycles. The van der Waals surface area contributed by atoms with Crippen molar-refractivity contribution in [2.45, 2.75) is 6.92 Å². The minimum atomic E-state index is 0.775. The van der Waals surface area contributed by atoms with Gasteiger partial charge >= 0.3 is 0 Å². The summed E-state index contributed by atoms with van der Waals surface area (Å²) in [6, 6.07) is 2.64. The van der Waals surface area contributed by atoms with Crippen LogP contribution in [0.1, 0.15) is 6.92 Å². The lowest BCUT2D eigenvalue weighted by Crippen LogP contribution is -2.01. The van der Waals surface area contributed by atoms with E-state index in [-0.39, 0.29) is 0 Å². The fourth-order valence-corrected chi connectivity index (χ4v) is 0.606. The molecule has 0 aliphatic heterocycles.